The number of likely N-dealkylation sites (tertiary alicyclic amines) is 1. The first-order valence-electron chi connectivity index (χ1n) is 14.5. The van der Waals surface area contributed by atoms with Gasteiger partial charge in [-0.25, -0.2) is 9.80 Å². The molecule has 1 saturated carbocycles. The first kappa shape index (κ1) is 30.6. The second kappa shape index (κ2) is 12.7. The summed E-state index contributed by atoms with van der Waals surface area (Å²) in [6.45, 7) is 7.40. The Bertz CT molecular complexity index is 1150. The van der Waals surface area contributed by atoms with E-state index in [1.54, 1.807) is 44.9 Å². The van der Waals surface area contributed by atoms with Gasteiger partial charge in [-0.1, -0.05) is 12.8 Å². The molecular formula is C30H44N4O7. The summed E-state index contributed by atoms with van der Waals surface area (Å²) in [5, 5.41) is 19.4. The molecule has 3 aliphatic rings. The zero-order valence-electron chi connectivity index (χ0n) is 25.0. The van der Waals surface area contributed by atoms with Crippen molar-refractivity contribution in [3.05, 3.63) is 23.8 Å². The Morgan fingerprint density at radius 1 is 1.02 bits per heavy atom. The van der Waals surface area contributed by atoms with Gasteiger partial charge in [-0.15, -0.1) is 0 Å². The monoisotopic (exact) mass is 572 g/mol. The van der Waals surface area contributed by atoms with Crippen LogP contribution in [0.5, 0.6) is 11.5 Å². The summed E-state index contributed by atoms with van der Waals surface area (Å²) >= 11 is 0. The van der Waals surface area contributed by atoms with E-state index in [0.717, 1.165) is 37.0 Å². The molecule has 1 aliphatic carbocycles. The smallest absolute Gasteiger partial charge is 0.408 e. The van der Waals surface area contributed by atoms with Crippen molar-refractivity contribution >= 4 is 23.6 Å². The van der Waals surface area contributed by atoms with Gasteiger partial charge in [0, 0.05) is 30.5 Å². The number of ether oxygens (including phenoxy) is 3. The first-order chi connectivity index (χ1) is 19.4. The summed E-state index contributed by atoms with van der Waals surface area (Å²) in [6.07, 6.45) is 3.03. The van der Waals surface area contributed by atoms with E-state index in [4.69, 9.17) is 19.3 Å². The largest absolute Gasteiger partial charge is 0.493 e. The van der Waals surface area contributed by atoms with Gasteiger partial charge in [-0.2, -0.15) is 5.10 Å². The van der Waals surface area contributed by atoms with Gasteiger partial charge >= 0.3 is 6.09 Å². The van der Waals surface area contributed by atoms with Crippen LogP contribution in [0.25, 0.3) is 0 Å². The predicted molar refractivity (Wildman–Crippen MR) is 153 cm³/mol. The van der Waals surface area contributed by atoms with Gasteiger partial charge < -0.3 is 29.5 Å². The Hall–Kier alpha value is -3.34. The highest BCUT2D eigenvalue weighted by Gasteiger charge is 2.44. The molecule has 0 radical (unpaired) electrons. The fraction of sp³-hybridized carbons (Fsp3) is 0.667. The normalized spacial score (nSPS) is 23.2. The molecule has 4 atom stereocenters. The minimum atomic E-state index is -1.13. The Balaban J connectivity index is 1.51. The maximum absolute atomic E-state index is 13.7. The molecule has 226 valence electrons. The van der Waals surface area contributed by atoms with E-state index in [9.17, 15) is 19.5 Å². The van der Waals surface area contributed by atoms with Gasteiger partial charge in [0.05, 0.1) is 32.1 Å². The number of carbonyl (C=O) groups is 3. The average molecular weight is 573 g/mol. The summed E-state index contributed by atoms with van der Waals surface area (Å²) in [6, 6.07) is 4.47. The minimum absolute atomic E-state index is 0.0529. The van der Waals surface area contributed by atoms with Crippen LogP contribution in [0.1, 0.15) is 71.8 Å². The van der Waals surface area contributed by atoms with Crippen LogP contribution in [-0.4, -0.2) is 89.7 Å². The number of nitrogens with zero attached hydrogens (tertiary/aromatic N) is 3. The third-order valence-electron chi connectivity index (χ3n) is 8.10. The van der Waals surface area contributed by atoms with E-state index in [1.807, 2.05) is 18.2 Å². The highest BCUT2D eigenvalue weighted by molar-refractivity contribution is 6.07. The fourth-order valence-electron chi connectivity index (χ4n) is 6.04. The first-order valence-corrected chi connectivity index (χ1v) is 14.5. The average Bonchev–Trinajstić information content (AvgIpc) is 2.94. The molecule has 1 aromatic rings. The number of hydrazone groups is 1. The second-order valence-corrected chi connectivity index (χ2v) is 12.2. The third kappa shape index (κ3) is 6.94. The van der Waals surface area contributed by atoms with Gasteiger partial charge in [-0.05, 0) is 71.6 Å². The van der Waals surface area contributed by atoms with Crippen LogP contribution >= 0.6 is 0 Å². The number of methoxy groups -OCH3 is 2. The van der Waals surface area contributed by atoms with Gasteiger partial charge in [0.1, 0.15) is 11.6 Å². The topological polar surface area (TPSA) is 130 Å². The van der Waals surface area contributed by atoms with Crippen molar-refractivity contribution in [2.45, 2.75) is 90.0 Å². The van der Waals surface area contributed by atoms with Crippen LogP contribution in [0, 0.1) is 11.8 Å². The van der Waals surface area contributed by atoms with Gasteiger partial charge in [0.25, 0.3) is 0 Å². The van der Waals surface area contributed by atoms with E-state index in [-0.39, 0.29) is 29.7 Å². The van der Waals surface area contributed by atoms with Crippen molar-refractivity contribution in [3.63, 3.8) is 0 Å². The SMILES string of the molecule is COc1ccc(C2=NN(C3CCN(C(=O)[C@H](NC(=O)OC(C)(C)C)[C@H](C)O)CC3)C(=O)[C@@H]3CCCC[C@H]23)cc1OC. The molecule has 0 aromatic heterocycles. The molecule has 41 heavy (non-hydrogen) atoms. The number of alkyl carbamates (subject to hydrolysis) is 1. The summed E-state index contributed by atoms with van der Waals surface area (Å²) in [5.41, 5.74) is 1.07. The number of nitrogens with one attached hydrogen (secondary N) is 1. The van der Waals surface area contributed by atoms with Crippen molar-refractivity contribution in [2.75, 3.05) is 27.3 Å². The number of benzene rings is 1. The van der Waals surface area contributed by atoms with Crippen molar-refractivity contribution in [3.8, 4) is 11.5 Å². The number of hydrogen-bond acceptors (Lipinski definition) is 8. The number of hydrogen-bond donors (Lipinski definition) is 2. The number of carbonyl (C=O) groups excluding carboxylic acids is 3. The lowest BCUT2D eigenvalue weighted by molar-refractivity contribution is -0.144. The molecule has 1 saturated heterocycles. The van der Waals surface area contributed by atoms with Crippen molar-refractivity contribution in [2.24, 2.45) is 16.9 Å². The summed E-state index contributed by atoms with van der Waals surface area (Å²) in [4.78, 5) is 40.9. The van der Waals surface area contributed by atoms with Crippen LogP contribution < -0.4 is 14.8 Å². The molecule has 2 heterocycles. The number of fused-ring (bicyclic) bond motifs is 1. The third-order valence-corrected chi connectivity index (χ3v) is 8.10. The zero-order chi connectivity index (χ0) is 29.9. The van der Waals surface area contributed by atoms with Crippen molar-refractivity contribution in [1.82, 2.24) is 15.2 Å². The molecule has 0 spiro atoms. The predicted octanol–water partition coefficient (Wildman–Crippen LogP) is 3.32. The molecule has 3 amide bonds. The Labute approximate surface area is 242 Å². The van der Waals surface area contributed by atoms with Gasteiger partial charge in [0.15, 0.2) is 11.5 Å². The van der Waals surface area contributed by atoms with Crippen LogP contribution in [0.2, 0.25) is 0 Å². The van der Waals surface area contributed by atoms with Crippen LogP contribution in [0.4, 0.5) is 4.79 Å². The van der Waals surface area contributed by atoms with E-state index in [0.29, 0.717) is 37.4 Å². The number of aliphatic hydroxyl groups is 1. The highest BCUT2D eigenvalue weighted by Crippen LogP contribution is 2.40. The highest BCUT2D eigenvalue weighted by atomic mass is 16.6. The summed E-state index contributed by atoms with van der Waals surface area (Å²) < 4.78 is 16.2. The van der Waals surface area contributed by atoms with Crippen molar-refractivity contribution < 1.29 is 33.7 Å². The molecule has 2 fully saturated rings. The molecular weight excluding hydrogens is 528 g/mol. The number of amides is 3. The standard InChI is InChI=1S/C30H44N4O7/c1-18(35)25(31-29(38)41-30(2,3)4)28(37)33-15-13-20(14-16-33)34-27(36)22-10-8-7-9-21(22)26(32-34)19-11-12-23(39-5)24(17-19)40-6/h11-12,17-18,20-22,25,35H,7-10,13-16H2,1-6H3,(H,31,38)/t18-,21-,22+,25+/m0/s1. The number of rotatable bonds is 7. The Morgan fingerprint density at radius 3 is 2.24 bits per heavy atom. The van der Waals surface area contributed by atoms with E-state index in [1.165, 1.54) is 6.92 Å². The van der Waals surface area contributed by atoms with Crippen LogP contribution in [0.3, 0.4) is 0 Å². The molecule has 4 rings (SSSR count). The lowest BCUT2D eigenvalue weighted by atomic mass is 9.73. The maximum Gasteiger partial charge on any atom is 0.408 e. The van der Waals surface area contributed by atoms with E-state index >= 15 is 0 Å². The molecule has 1 aromatic carbocycles. The molecule has 11 nitrogen and oxygen atoms in total. The molecule has 0 bridgehead atoms. The molecule has 2 aliphatic heterocycles. The van der Waals surface area contributed by atoms with Crippen LogP contribution in [-0.2, 0) is 14.3 Å². The van der Waals surface area contributed by atoms with Crippen molar-refractivity contribution in [1.29, 1.82) is 0 Å². The van der Waals surface area contributed by atoms with Crippen LogP contribution in [0.15, 0.2) is 23.3 Å². The van der Waals surface area contributed by atoms with Gasteiger partial charge in [0.2, 0.25) is 11.8 Å². The van der Waals surface area contributed by atoms with Gasteiger partial charge in [-0.3, -0.25) is 9.59 Å². The lowest BCUT2D eigenvalue weighted by Gasteiger charge is -2.44. The Kier molecular flexibility index (Phi) is 9.46. The second-order valence-electron chi connectivity index (χ2n) is 12.2. The number of aliphatic hydroxyl groups excluding tert-OH is 1. The number of piperidine rings is 1. The minimum Gasteiger partial charge on any atom is -0.493 e. The zero-order valence-corrected chi connectivity index (χ0v) is 25.0. The summed E-state index contributed by atoms with van der Waals surface area (Å²) in [7, 11) is 3.20. The summed E-state index contributed by atoms with van der Waals surface area (Å²) in [5.74, 6) is 0.852. The lowest BCUT2D eigenvalue weighted by Crippen LogP contribution is -2.58. The van der Waals surface area contributed by atoms with E-state index < -0.39 is 23.8 Å². The molecule has 0 unspecified atom stereocenters. The molecule has 2 N–H and O–H groups in total. The fourth-order valence-corrected chi connectivity index (χ4v) is 6.04. The maximum atomic E-state index is 13.7. The Morgan fingerprint density at radius 2 is 1.66 bits per heavy atom. The molecule has 11 heteroatoms. The van der Waals surface area contributed by atoms with E-state index in [2.05, 4.69) is 5.32 Å². The quantitative estimate of drug-likeness (QED) is 0.513.